The van der Waals surface area contributed by atoms with Crippen LogP contribution in [0.25, 0.3) is 0 Å². The molecule has 1 amide bonds. The van der Waals surface area contributed by atoms with E-state index in [0.717, 1.165) is 17.9 Å². The highest BCUT2D eigenvalue weighted by Gasteiger charge is 2.36. The van der Waals surface area contributed by atoms with Crippen molar-refractivity contribution in [2.45, 2.75) is 40.7 Å². The Kier molecular flexibility index (Phi) is 4.45. The molecule has 116 valence electrons. The second kappa shape index (κ2) is 5.96. The topological polar surface area (TPSA) is 55.6 Å². The molecule has 1 atom stereocenters. The van der Waals surface area contributed by atoms with E-state index in [4.69, 9.17) is 10.5 Å². The Bertz CT molecular complexity index is 520. The average Bonchev–Trinajstić information content (AvgIpc) is 2.74. The summed E-state index contributed by atoms with van der Waals surface area (Å²) < 4.78 is 5.64. The highest BCUT2D eigenvalue weighted by atomic mass is 16.5. The second-order valence-electron chi connectivity index (χ2n) is 6.84. The van der Waals surface area contributed by atoms with Crippen LogP contribution in [0.15, 0.2) is 18.2 Å². The molecular formula is C17H26N2O2. The predicted molar refractivity (Wildman–Crippen MR) is 85.0 cm³/mol. The lowest BCUT2D eigenvalue weighted by molar-refractivity contribution is -0.128. The Balaban J connectivity index is 2.15. The van der Waals surface area contributed by atoms with Crippen LogP contribution in [0.2, 0.25) is 0 Å². The largest absolute Gasteiger partial charge is 0.494 e. The summed E-state index contributed by atoms with van der Waals surface area (Å²) >= 11 is 0. The van der Waals surface area contributed by atoms with Gasteiger partial charge in [0.1, 0.15) is 5.75 Å². The lowest BCUT2D eigenvalue weighted by Crippen LogP contribution is -2.27. The zero-order valence-electron chi connectivity index (χ0n) is 13.5. The minimum Gasteiger partial charge on any atom is -0.494 e. The molecule has 4 nitrogen and oxygen atoms in total. The normalized spacial score (nSPS) is 19.1. The standard InChI is InChI=1S/C17H26N2O2/c1-5-21-15-7-6-14(18)8-12(15)10-19-11-13(9-16(19)20)17(2,3)4/h6-8,13H,5,9-11,18H2,1-4H3. The number of ether oxygens (including phenoxy) is 1. The third-order valence-electron chi connectivity index (χ3n) is 4.18. The molecule has 1 saturated heterocycles. The van der Waals surface area contributed by atoms with Gasteiger partial charge < -0.3 is 15.4 Å². The van der Waals surface area contributed by atoms with E-state index in [2.05, 4.69) is 20.8 Å². The van der Waals surface area contributed by atoms with Crippen molar-refractivity contribution >= 4 is 11.6 Å². The maximum Gasteiger partial charge on any atom is 0.223 e. The molecule has 0 spiro atoms. The van der Waals surface area contributed by atoms with Gasteiger partial charge in [-0.25, -0.2) is 0 Å². The number of anilines is 1. The van der Waals surface area contributed by atoms with Gasteiger partial charge in [0.25, 0.3) is 0 Å². The van der Waals surface area contributed by atoms with Crippen LogP contribution < -0.4 is 10.5 Å². The van der Waals surface area contributed by atoms with Crippen molar-refractivity contribution in [3.63, 3.8) is 0 Å². The lowest BCUT2D eigenvalue weighted by Gasteiger charge is -2.26. The quantitative estimate of drug-likeness (QED) is 0.867. The van der Waals surface area contributed by atoms with Crippen LogP contribution in [0.4, 0.5) is 5.69 Å². The van der Waals surface area contributed by atoms with E-state index < -0.39 is 0 Å². The zero-order valence-corrected chi connectivity index (χ0v) is 13.5. The third-order valence-corrected chi connectivity index (χ3v) is 4.18. The molecule has 1 heterocycles. The van der Waals surface area contributed by atoms with Gasteiger partial charge in [0.05, 0.1) is 6.61 Å². The summed E-state index contributed by atoms with van der Waals surface area (Å²) in [5, 5.41) is 0. The van der Waals surface area contributed by atoms with Crippen LogP contribution in [0.1, 0.15) is 39.7 Å². The van der Waals surface area contributed by atoms with Crippen molar-refractivity contribution in [1.29, 1.82) is 0 Å². The van der Waals surface area contributed by atoms with Crippen LogP contribution in [0.5, 0.6) is 5.75 Å². The van der Waals surface area contributed by atoms with Crippen molar-refractivity contribution < 1.29 is 9.53 Å². The molecule has 1 aliphatic heterocycles. The van der Waals surface area contributed by atoms with Crippen molar-refractivity contribution in [3.05, 3.63) is 23.8 Å². The fourth-order valence-corrected chi connectivity index (χ4v) is 2.73. The highest BCUT2D eigenvalue weighted by Crippen LogP contribution is 2.35. The number of amides is 1. The number of nitrogens with two attached hydrogens (primary N) is 1. The van der Waals surface area contributed by atoms with E-state index in [0.29, 0.717) is 31.2 Å². The first kappa shape index (κ1) is 15.7. The first-order chi connectivity index (χ1) is 9.81. The number of rotatable bonds is 4. The Hall–Kier alpha value is -1.71. The Morgan fingerprint density at radius 1 is 1.38 bits per heavy atom. The summed E-state index contributed by atoms with van der Waals surface area (Å²) in [6.07, 6.45) is 0.635. The van der Waals surface area contributed by atoms with Gasteiger partial charge in [0.2, 0.25) is 5.91 Å². The molecule has 1 aromatic carbocycles. The van der Waals surface area contributed by atoms with Gasteiger partial charge >= 0.3 is 0 Å². The number of hydrogen-bond donors (Lipinski definition) is 1. The zero-order chi connectivity index (χ0) is 15.6. The van der Waals surface area contributed by atoms with Crippen LogP contribution in [0, 0.1) is 11.3 Å². The van der Waals surface area contributed by atoms with Gasteiger partial charge in [-0.15, -0.1) is 0 Å². The minimum atomic E-state index is 0.156. The molecule has 1 aromatic rings. The van der Waals surface area contributed by atoms with Crippen LogP contribution in [-0.2, 0) is 11.3 Å². The van der Waals surface area contributed by atoms with E-state index in [1.165, 1.54) is 0 Å². The van der Waals surface area contributed by atoms with Gasteiger partial charge in [0, 0.05) is 30.8 Å². The molecule has 0 bridgehead atoms. The summed E-state index contributed by atoms with van der Waals surface area (Å²) in [4.78, 5) is 14.2. The lowest BCUT2D eigenvalue weighted by atomic mass is 9.80. The molecule has 0 aromatic heterocycles. The van der Waals surface area contributed by atoms with Crippen molar-refractivity contribution in [3.8, 4) is 5.75 Å². The molecule has 0 saturated carbocycles. The first-order valence-electron chi connectivity index (χ1n) is 7.60. The number of likely N-dealkylation sites (tertiary alicyclic amines) is 1. The van der Waals surface area contributed by atoms with Gasteiger partial charge in [-0.1, -0.05) is 20.8 Å². The Morgan fingerprint density at radius 2 is 2.10 bits per heavy atom. The van der Waals surface area contributed by atoms with E-state index >= 15 is 0 Å². The van der Waals surface area contributed by atoms with Gasteiger partial charge in [-0.3, -0.25) is 4.79 Å². The minimum absolute atomic E-state index is 0.156. The number of hydrogen-bond acceptors (Lipinski definition) is 3. The Labute approximate surface area is 127 Å². The van der Waals surface area contributed by atoms with Gasteiger partial charge in [0.15, 0.2) is 0 Å². The number of carbonyl (C=O) groups is 1. The summed E-state index contributed by atoms with van der Waals surface area (Å²) in [6.45, 7) is 10.5. The SMILES string of the molecule is CCOc1ccc(N)cc1CN1CC(C(C)(C)C)CC1=O. The Morgan fingerprint density at radius 3 is 2.67 bits per heavy atom. The van der Waals surface area contributed by atoms with E-state index in [1.54, 1.807) is 0 Å². The van der Waals surface area contributed by atoms with E-state index in [9.17, 15) is 4.79 Å². The number of nitrogen functional groups attached to an aromatic ring is 1. The summed E-state index contributed by atoms with van der Waals surface area (Å²) in [7, 11) is 0. The molecule has 0 aliphatic carbocycles. The monoisotopic (exact) mass is 290 g/mol. The molecule has 2 N–H and O–H groups in total. The predicted octanol–water partition coefficient (Wildman–Crippen LogP) is 3.06. The molecule has 1 fully saturated rings. The van der Waals surface area contributed by atoms with E-state index in [1.807, 2.05) is 30.0 Å². The van der Waals surface area contributed by atoms with Crippen molar-refractivity contribution in [2.75, 3.05) is 18.9 Å². The number of nitrogens with zero attached hydrogens (tertiary/aromatic N) is 1. The van der Waals surface area contributed by atoms with Crippen LogP contribution in [0.3, 0.4) is 0 Å². The highest BCUT2D eigenvalue weighted by molar-refractivity contribution is 5.79. The summed E-state index contributed by atoms with van der Waals surface area (Å²) in [5.74, 6) is 1.44. The molecule has 4 heteroatoms. The summed E-state index contributed by atoms with van der Waals surface area (Å²) in [5.41, 5.74) is 7.71. The van der Waals surface area contributed by atoms with Crippen LogP contribution in [-0.4, -0.2) is 24.0 Å². The molecule has 1 aliphatic rings. The molecular weight excluding hydrogens is 264 g/mol. The van der Waals surface area contributed by atoms with Crippen molar-refractivity contribution in [2.24, 2.45) is 11.3 Å². The van der Waals surface area contributed by atoms with Crippen molar-refractivity contribution in [1.82, 2.24) is 4.90 Å². The fourth-order valence-electron chi connectivity index (χ4n) is 2.73. The molecule has 1 unspecified atom stereocenters. The summed E-state index contributed by atoms with van der Waals surface area (Å²) in [6, 6.07) is 5.62. The number of carbonyl (C=O) groups excluding carboxylic acids is 1. The average molecular weight is 290 g/mol. The van der Waals surface area contributed by atoms with Gasteiger partial charge in [-0.05, 0) is 36.5 Å². The maximum absolute atomic E-state index is 12.2. The number of benzene rings is 1. The molecule has 0 radical (unpaired) electrons. The second-order valence-corrected chi connectivity index (χ2v) is 6.84. The maximum atomic E-state index is 12.2. The molecule has 2 rings (SSSR count). The molecule has 21 heavy (non-hydrogen) atoms. The third kappa shape index (κ3) is 3.69. The van der Waals surface area contributed by atoms with Gasteiger partial charge in [-0.2, -0.15) is 0 Å². The fraction of sp³-hybridized carbons (Fsp3) is 0.588. The first-order valence-corrected chi connectivity index (χ1v) is 7.60. The smallest absolute Gasteiger partial charge is 0.223 e. The van der Waals surface area contributed by atoms with Crippen LogP contribution >= 0.6 is 0 Å². The van der Waals surface area contributed by atoms with E-state index in [-0.39, 0.29) is 11.3 Å².